The minimum absolute atomic E-state index is 0.0790. The van der Waals surface area contributed by atoms with Crippen LogP contribution >= 0.6 is 11.6 Å². The van der Waals surface area contributed by atoms with E-state index in [9.17, 15) is 9.59 Å². The molecule has 2 aliphatic carbocycles. The van der Waals surface area contributed by atoms with Crippen LogP contribution < -0.4 is 10.2 Å². The Morgan fingerprint density at radius 1 is 1.07 bits per heavy atom. The van der Waals surface area contributed by atoms with Gasteiger partial charge in [-0.2, -0.15) is 0 Å². The topological polar surface area (TPSA) is 52.7 Å². The first-order valence-corrected chi connectivity index (χ1v) is 11.2. The summed E-state index contributed by atoms with van der Waals surface area (Å²) < 4.78 is 0. The molecule has 0 unspecified atom stereocenters. The van der Waals surface area contributed by atoms with Gasteiger partial charge >= 0.3 is 0 Å². The summed E-state index contributed by atoms with van der Waals surface area (Å²) in [4.78, 5) is 28.8. The number of allylic oxidation sites excluding steroid dienone is 2. The van der Waals surface area contributed by atoms with Gasteiger partial charge in [-0.15, -0.1) is 0 Å². The molecule has 3 atom stereocenters. The number of fused-ring (bicyclic) bond motifs is 2. The summed E-state index contributed by atoms with van der Waals surface area (Å²) in [6.07, 6.45) is 8.61. The summed E-state index contributed by atoms with van der Waals surface area (Å²) in [5.74, 6) is 2.23. The van der Waals surface area contributed by atoms with Crippen molar-refractivity contribution < 1.29 is 9.59 Å². The van der Waals surface area contributed by atoms with E-state index in [1.807, 2.05) is 23.1 Å². The summed E-state index contributed by atoms with van der Waals surface area (Å²) in [6.45, 7) is 3.84. The van der Waals surface area contributed by atoms with Crippen LogP contribution in [0.15, 0.2) is 36.4 Å². The molecule has 2 amide bonds. The highest BCUT2D eigenvalue weighted by atomic mass is 35.5. The van der Waals surface area contributed by atoms with Gasteiger partial charge in [-0.3, -0.25) is 9.59 Å². The molecule has 1 aromatic carbocycles. The highest BCUT2D eigenvalue weighted by Gasteiger charge is 2.35. The molecular weight excluding hydrogens is 386 g/mol. The molecule has 3 aliphatic rings. The summed E-state index contributed by atoms with van der Waals surface area (Å²) in [7, 11) is 0. The second-order valence-electron chi connectivity index (χ2n) is 8.55. The molecule has 1 aliphatic heterocycles. The Bertz CT molecular complexity index is 773. The zero-order valence-corrected chi connectivity index (χ0v) is 17.6. The third-order valence-corrected chi connectivity index (χ3v) is 6.81. The van der Waals surface area contributed by atoms with Gasteiger partial charge in [-0.25, -0.2) is 0 Å². The number of halogens is 1. The summed E-state index contributed by atoms with van der Waals surface area (Å²) in [5, 5.41) is 3.81. The zero-order valence-electron chi connectivity index (χ0n) is 16.9. The number of benzene rings is 1. The Kier molecular flexibility index (Phi) is 6.43. The molecule has 1 saturated heterocycles. The molecule has 4 rings (SSSR count). The highest BCUT2D eigenvalue weighted by Crippen LogP contribution is 2.42. The quantitative estimate of drug-likeness (QED) is 0.693. The Balaban J connectivity index is 1.11. The maximum atomic E-state index is 12.5. The number of carbonyl (C=O) groups is 2. The maximum Gasteiger partial charge on any atom is 0.222 e. The number of hydrogen-bond donors (Lipinski definition) is 1. The SMILES string of the molecule is O=C(CCCC(=O)N1CCN(c2cccc(Cl)c2)CC1)NC[C@@H]1C[C@H]2C=C[C@H]1C2. The highest BCUT2D eigenvalue weighted by molar-refractivity contribution is 6.30. The number of anilines is 1. The summed E-state index contributed by atoms with van der Waals surface area (Å²) in [5.41, 5.74) is 1.10. The molecule has 6 heteroatoms. The maximum absolute atomic E-state index is 12.5. The minimum atomic E-state index is 0.0790. The average Bonchev–Trinajstić information content (AvgIpc) is 3.36. The third-order valence-electron chi connectivity index (χ3n) is 6.58. The van der Waals surface area contributed by atoms with E-state index in [1.54, 1.807) is 0 Å². The minimum Gasteiger partial charge on any atom is -0.368 e. The Hall–Kier alpha value is -2.01. The first-order valence-electron chi connectivity index (χ1n) is 10.8. The Morgan fingerprint density at radius 2 is 1.90 bits per heavy atom. The van der Waals surface area contributed by atoms with Crippen molar-refractivity contribution in [2.45, 2.75) is 32.1 Å². The van der Waals surface area contributed by atoms with Crippen molar-refractivity contribution in [3.8, 4) is 0 Å². The van der Waals surface area contributed by atoms with Crippen molar-refractivity contribution in [2.75, 3.05) is 37.6 Å². The van der Waals surface area contributed by atoms with Crippen molar-refractivity contribution in [3.63, 3.8) is 0 Å². The molecule has 2 fully saturated rings. The molecular formula is C23H30ClN3O2. The van der Waals surface area contributed by atoms with Gasteiger partial charge in [-0.05, 0) is 55.2 Å². The zero-order chi connectivity index (χ0) is 20.2. The van der Waals surface area contributed by atoms with Crippen LogP contribution in [0.25, 0.3) is 0 Å². The molecule has 0 spiro atoms. The van der Waals surface area contributed by atoms with Crippen molar-refractivity contribution in [3.05, 3.63) is 41.4 Å². The van der Waals surface area contributed by atoms with Crippen LogP contribution in [0.5, 0.6) is 0 Å². The first-order chi connectivity index (χ1) is 14.1. The van der Waals surface area contributed by atoms with Gasteiger partial charge in [0.15, 0.2) is 0 Å². The van der Waals surface area contributed by atoms with Crippen molar-refractivity contribution >= 4 is 29.1 Å². The third kappa shape index (κ3) is 5.13. The van der Waals surface area contributed by atoms with Crippen molar-refractivity contribution in [1.29, 1.82) is 0 Å². The number of nitrogens with zero attached hydrogens (tertiary/aromatic N) is 2. The lowest BCUT2D eigenvalue weighted by molar-refractivity contribution is -0.131. The second kappa shape index (κ2) is 9.21. The number of carbonyl (C=O) groups excluding carboxylic acids is 2. The van der Waals surface area contributed by atoms with Gasteiger partial charge in [0.25, 0.3) is 0 Å². The number of hydrogen-bond acceptors (Lipinski definition) is 3. The molecule has 29 heavy (non-hydrogen) atoms. The summed E-state index contributed by atoms with van der Waals surface area (Å²) in [6, 6.07) is 7.84. The van der Waals surface area contributed by atoms with Gasteiger partial charge in [0.05, 0.1) is 0 Å². The molecule has 1 heterocycles. The van der Waals surface area contributed by atoms with E-state index < -0.39 is 0 Å². The van der Waals surface area contributed by atoms with Crippen LogP contribution in [-0.4, -0.2) is 49.4 Å². The standard InChI is InChI=1S/C23H30ClN3O2/c24-20-3-1-4-21(15-20)26-9-11-27(12-10-26)23(29)6-2-5-22(28)25-16-19-14-17-7-8-18(19)13-17/h1,3-4,7-8,15,17-19H,2,5-6,9-14,16H2,(H,25,28)/t17-,18-,19-/m0/s1. The fourth-order valence-corrected chi connectivity index (χ4v) is 5.09. The normalized spacial score (nSPS) is 25.5. The second-order valence-corrected chi connectivity index (χ2v) is 8.98. The lowest BCUT2D eigenvalue weighted by Gasteiger charge is -2.36. The smallest absolute Gasteiger partial charge is 0.222 e. The summed E-state index contributed by atoms with van der Waals surface area (Å²) >= 11 is 6.07. The predicted octanol–water partition coefficient (Wildman–Crippen LogP) is 3.49. The molecule has 1 N–H and O–H groups in total. The molecule has 0 radical (unpaired) electrons. The van der Waals surface area contributed by atoms with E-state index >= 15 is 0 Å². The molecule has 1 saturated carbocycles. The van der Waals surface area contributed by atoms with E-state index in [0.29, 0.717) is 31.1 Å². The van der Waals surface area contributed by atoms with Crippen LogP contribution in [0.3, 0.4) is 0 Å². The predicted molar refractivity (Wildman–Crippen MR) is 116 cm³/mol. The van der Waals surface area contributed by atoms with Gasteiger partial charge in [0.1, 0.15) is 0 Å². The lowest BCUT2D eigenvalue weighted by Crippen LogP contribution is -2.48. The van der Waals surface area contributed by atoms with Crippen LogP contribution in [0.2, 0.25) is 5.02 Å². The van der Waals surface area contributed by atoms with Crippen LogP contribution in [-0.2, 0) is 9.59 Å². The molecule has 5 nitrogen and oxygen atoms in total. The Labute approximate surface area is 178 Å². The van der Waals surface area contributed by atoms with E-state index in [2.05, 4.69) is 28.4 Å². The Morgan fingerprint density at radius 3 is 2.59 bits per heavy atom. The van der Waals surface area contributed by atoms with Crippen LogP contribution in [0, 0.1) is 17.8 Å². The lowest BCUT2D eigenvalue weighted by atomic mass is 9.93. The first kappa shape index (κ1) is 20.3. The fourth-order valence-electron chi connectivity index (χ4n) is 4.91. The molecule has 0 aromatic heterocycles. The van der Waals surface area contributed by atoms with Gasteiger partial charge in [-0.1, -0.05) is 29.8 Å². The number of amides is 2. The van der Waals surface area contributed by atoms with Crippen LogP contribution in [0.1, 0.15) is 32.1 Å². The van der Waals surface area contributed by atoms with Gasteiger partial charge in [0.2, 0.25) is 11.8 Å². The van der Waals surface area contributed by atoms with E-state index in [1.165, 1.54) is 12.8 Å². The van der Waals surface area contributed by atoms with E-state index in [0.717, 1.165) is 49.4 Å². The molecule has 156 valence electrons. The average molecular weight is 416 g/mol. The largest absolute Gasteiger partial charge is 0.368 e. The van der Waals surface area contributed by atoms with Crippen molar-refractivity contribution in [1.82, 2.24) is 10.2 Å². The van der Waals surface area contributed by atoms with Crippen molar-refractivity contribution in [2.24, 2.45) is 17.8 Å². The monoisotopic (exact) mass is 415 g/mol. The number of piperazine rings is 1. The number of rotatable bonds is 7. The molecule has 2 bridgehead atoms. The van der Waals surface area contributed by atoms with Gasteiger partial charge < -0.3 is 15.1 Å². The van der Waals surface area contributed by atoms with Gasteiger partial charge in [0, 0.05) is 56.3 Å². The van der Waals surface area contributed by atoms with Crippen LogP contribution in [0.4, 0.5) is 5.69 Å². The van der Waals surface area contributed by atoms with E-state index in [4.69, 9.17) is 11.6 Å². The fraction of sp³-hybridized carbons (Fsp3) is 0.565. The number of nitrogens with one attached hydrogen (secondary N) is 1. The van der Waals surface area contributed by atoms with E-state index in [-0.39, 0.29) is 11.8 Å². The molecule has 1 aromatic rings.